The maximum atomic E-state index is 6.86. The van der Waals surface area contributed by atoms with E-state index >= 15 is 0 Å². The van der Waals surface area contributed by atoms with E-state index in [1.54, 1.807) is 0 Å². The monoisotopic (exact) mass is 633 g/mol. The van der Waals surface area contributed by atoms with Crippen LogP contribution in [0.1, 0.15) is 87.1 Å². The maximum absolute atomic E-state index is 6.86. The molecule has 5 aromatic rings. The van der Waals surface area contributed by atoms with Gasteiger partial charge in [0.05, 0.1) is 0 Å². The van der Waals surface area contributed by atoms with Crippen LogP contribution in [0.5, 0.6) is 11.5 Å². The molecule has 0 unspecified atom stereocenters. The van der Waals surface area contributed by atoms with Gasteiger partial charge in [0, 0.05) is 23.1 Å². The number of para-hydroxylation sites is 1. The highest BCUT2D eigenvalue weighted by Crippen LogP contribution is 2.41. The van der Waals surface area contributed by atoms with Crippen LogP contribution in [0.15, 0.2) is 91.0 Å². The molecule has 47 heavy (non-hydrogen) atoms. The molecule has 2 heterocycles. The van der Waals surface area contributed by atoms with Gasteiger partial charge in [-0.25, -0.2) is 0 Å². The zero-order valence-corrected chi connectivity index (χ0v) is 30.8. The van der Waals surface area contributed by atoms with Crippen LogP contribution in [-0.2, 0) is 0 Å². The standard InChI is InChI=1S/C43H48BNOSi/c1-26(2)31-23-33(27(3)4)43(34(24-31)28(5)6)44-35-13-11-12-14-39(35)46-40-25-32(17-18-36(40)44)45-37-19-15-29(7)21-41(37)47(9,10)42-22-30(8)16-20-38(42)45/h11-28H,1-10H3. The highest BCUT2D eigenvalue weighted by Gasteiger charge is 2.40. The van der Waals surface area contributed by atoms with E-state index in [0.717, 1.165) is 17.2 Å². The molecule has 0 N–H and O–H groups in total. The lowest BCUT2D eigenvalue weighted by molar-refractivity contribution is 0.487. The zero-order valence-electron chi connectivity index (χ0n) is 29.8. The number of aryl methyl sites for hydroxylation is 2. The number of anilines is 3. The van der Waals surface area contributed by atoms with Gasteiger partial charge in [0.2, 0.25) is 0 Å². The largest absolute Gasteiger partial charge is 0.458 e. The number of fused-ring (bicyclic) bond motifs is 4. The molecule has 0 saturated heterocycles. The number of hydrogen-bond donors (Lipinski definition) is 0. The first-order valence-corrected chi connectivity index (χ1v) is 20.5. The Labute approximate surface area is 283 Å². The van der Waals surface area contributed by atoms with Gasteiger partial charge >= 0.3 is 0 Å². The number of ether oxygens (including phenoxy) is 1. The van der Waals surface area contributed by atoms with Gasteiger partial charge in [0.1, 0.15) is 19.6 Å². The fourth-order valence-corrected chi connectivity index (χ4v) is 11.1. The van der Waals surface area contributed by atoms with Crippen molar-refractivity contribution >= 4 is 58.6 Å². The Morgan fingerprint density at radius 2 is 1.15 bits per heavy atom. The van der Waals surface area contributed by atoms with Crippen molar-refractivity contribution in [2.24, 2.45) is 0 Å². The molecule has 0 radical (unpaired) electrons. The molecule has 4 heteroatoms. The number of rotatable bonds is 5. The van der Waals surface area contributed by atoms with E-state index in [9.17, 15) is 0 Å². The van der Waals surface area contributed by atoms with Gasteiger partial charge < -0.3 is 9.64 Å². The summed E-state index contributed by atoms with van der Waals surface area (Å²) in [4.78, 5) is 2.48. The maximum Gasteiger partial charge on any atom is 0.251 e. The SMILES string of the molecule is Cc1ccc2c(c1)[Si](C)(C)c1cc(C)ccc1N2c1ccc2c(c1)Oc1ccccc1B2c1c(C(C)C)cc(C(C)C)cc1C(C)C. The van der Waals surface area contributed by atoms with Crippen molar-refractivity contribution in [2.45, 2.75) is 86.2 Å². The lowest BCUT2D eigenvalue weighted by Crippen LogP contribution is -2.59. The predicted octanol–water partition coefficient (Wildman–Crippen LogP) is 8.90. The lowest BCUT2D eigenvalue weighted by Gasteiger charge is -2.41. The first-order chi connectivity index (χ1) is 22.4. The average Bonchev–Trinajstić information content (AvgIpc) is 3.03. The van der Waals surface area contributed by atoms with Crippen LogP contribution in [-0.4, -0.2) is 14.8 Å². The second kappa shape index (κ2) is 11.6. The van der Waals surface area contributed by atoms with E-state index in [2.05, 4.69) is 164 Å². The molecule has 2 aliphatic heterocycles. The molecule has 0 bridgehead atoms. The summed E-state index contributed by atoms with van der Waals surface area (Å²) in [6, 6.07) is 34.7. The molecule has 0 amide bonds. The highest BCUT2D eigenvalue weighted by atomic mass is 28.3. The fraction of sp³-hybridized carbons (Fsp3) is 0.302. The minimum Gasteiger partial charge on any atom is -0.458 e. The van der Waals surface area contributed by atoms with Crippen LogP contribution in [0.25, 0.3) is 0 Å². The third-order valence-electron chi connectivity index (χ3n) is 10.6. The van der Waals surface area contributed by atoms with E-state index in [-0.39, 0.29) is 6.71 Å². The summed E-state index contributed by atoms with van der Waals surface area (Å²) < 4.78 is 6.86. The first kappa shape index (κ1) is 31.6. The molecule has 0 aromatic heterocycles. The van der Waals surface area contributed by atoms with Gasteiger partial charge in [-0.1, -0.05) is 132 Å². The van der Waals surface area contributed by atoms with Crippen molar-refractivity contribution in [2.75, 3.05) is 4.90 Å². The molecule has 238 valence electrons. The van der Waals surface area contributed by atoms with Crippen molar-refractivity contribution in [3.8, 4) is 11.5 Å². The van der Waals surface area contributed by atoms with Crippen molar-refractivity contribution < 1.29 is 4.74 Å². The Morgan fingerprint density at radius 3 is 1.70 bits per heavy atom. The quantitative estimate of drug-likeness (QED) is 0.176. The second-order valence-corrected chi connectivity index (χ2v) is 19.7. The number of nitrogens with zero attached hydrogens (tertiary/aromatic N) is 1. The summed E-state index contributed by atoms with van der Waals surface area (Å²) in [7, 11) is -1.92. The molecule has 2 aliphatic rings. The smallest absolute Gasteiger partial charge is 0.251 e. The normalized spacial score (nSPS) is 14.6. The Hall–Kier alpha value is -4.02. The topological polar surface area (TPSA) is 12.5 Å². The van der Waals surface area contributed by atoms with Crippen LogP contribution in [0, 0.1) is 13.8 Å². The Kier molecular flexibility index (Phi) is 7.79. The minimum absolute atomic E-state index is 0.0950. The Balaban J connectivity index is 1.47. The summed E-state index contributed by atoms with van der Waals surface area (Å²) >= 11 is 0. The van der Waals surface area contributed by atoms with E-state index in [1.807, 2.05) is 0 Å². The minimum atomic E-state index is -1.92. The summed E-state index contributed by atoms with van der Waals surface area (Å²) in [6.45, 7) is 23.6. The number of hydrogen-bond acceptors (Lipinski definition) is 2. The predicted molar refractivity (Wildman–Crippen MR) is 207 cm³/mol. The van der Waals surface area contributed by atoms with Crippen LogP contribution in [0.2, 0.25) is 13.1 Å². The summed E-state index contributed by atoms with van der Waals surface area (Å²) in [5, 5.41) is 2.98. The molecule has 0 atom stereocenters. The summed E-state index contributed by atoms with van der Waals surface area (Å²) in [6.07, 6.45) is 0. The van der Waals surface area contributed by atoms with Crippen LogP contribution < -0.4 is 36.4 Å². The van der Waals surface area contributed by atoms with Gasteiger partial charge in [0.25, 0.3) is 6.71 Å². The molecule has 7 rings (SSSR count). The molecule has 0 saturated carbocycles. The lowest BCUT2D eigenvalue weighted by atomic mass is 9.34. The van der Waals surface area contributed by atoms with Gasteiger partial charge in [-0.2, -0.15) is 0 Å². The molecular formula is C43H48BNOSi. The first-order valence-electron chi connectivity index (χ1n) is 17.5. The van der Waals surface area contributed by atoms with E-state index < -0.39 is 8.07 Å². The average molecular weight is 634 g/mol. The van der Waals surface area contributed by atoms with Crippen LogP contribution in [0.4, 0.5) is 17.1 Å². The molecule has 0 spiro atoms. The van der Waals surface area contributed by atoms with Gasteiger partial charge in [-0.15, -0.1) is 0 Å². The fourth-order valence-electron chi connectivity index (χ4n) is 7.99. The Morgan fingerprint density at radius 1 is 0.596 bits per heavy atom. The van der Waals surface area contributed by atoms with Crippen molar-refractivity contribution in [3.05, 3.63) is 119 Å². The highest BCUT2D eigenvalue weighted by molar-refractivity contribution is 7.02. The third-order valence-corrected chi connectivity index (χ3v) is 14.1. The van der Waals surface area contributed by atoms with E-state index in [1.165, 1.54) is 66.0 Å². The molecular weight excluding hydrogens is 585 g/mol. The zero-order chi connectivity index (χ0) is 33.4. The summed E-state index contributed by atoms with van der Waals surface area (Å²) in [5.41, 5.74) is 14.7. The second-order valence-electron chi connectivity index (χ2n) is 15.4. The van der Waals surface area contributed by atoms with Crippen molar-refractivity contribution in [1.29, 1.82) is 0 Å². The third kappa shape index (κ3) is 5.17. The van der Waals surface area contributed by atoms with Crippen molar-refractivity contribution in [1.82, 2.24) is 0 Å². The molecule has 5 aromatic carbocycles. The molecule has 0 fully saturated rings. The molecule has 0 aliphatic carbocycles. The van der Waals surface area contributed by atoms with Gasteiger partial charge in [-0.05, 0) is 93.9 Å². The summed E-state index contributed by atoms with van der Waals surface area (Å²) in [5.74, 6) is 3.19. The van der Waals surface area contributed by atoms with Crippen molar-refractivity contribution in [3.63, 3.8) is 0 Å². The Bertz CT molecular complexity index is 1940. The van der Waals surface area contributed by atoms with Crippen LogP contribution in [0.3, 0.4) is 0 Å². The number of benzene rings is 5. The van der Waals surface area contributed by atoms with Crippen LogP contribution >= 0.6 is 0 Å². The van der Waals surface area contributed by atoms with E-state index in [0.29, 0.717) is 17.8 Å². The van der Waals surface area contributed by atoms with Gasteiger partial charge in [0.15, 0.2) is 0 Å². The van der Waals surface area contributed by atoms with E-state index in [4.69, 9.17) is 4.74 Å². The van der Waals surface area contributed by atoms with Gasteiger partial charge in [-0.3, -0.25) is 0 Å². The molecule has 2 nitrogen and oxygen atoms in total.